The predicted octanol–water partition coefficient (Wildman–Crippen LogP) is 14.8. The van der Waals surface area contributed by atoms with Crippen LogP contribution >= 0.6 is 0 Å². The van der Waals surface area contributed by atoms with Gasteiger partial charge in [0.05, 0.1) is 16.6 Å². The lowest BCUT2D eigenvalue weighted by molar-refractivity contribution is 0.660. The molecule has 0 unspecified atom stereocenters. The molecule has 13 rings (SSSR count). The normalized spacial score (nSPS) is 13.1. The van der Waals surface area contributed by atoms with Gasteiger partial charge in [0.15, 0.2) is 17.5 Å². The van der Waals surface area contributed by atoms with E-state index in [1.54, 1.807) is 0 Å². The van der Waals surface area contributed by atoms with E-state index < -0.39 is 0 Å². The Labute approximate surface area is 357 Å². The summed E-state index contributed by atoms with van der Waals surface area (Å²) in [5, 5.41) is 10.3. The first-order valence-corrected chi connectivity index (χ1v) is 21.1. The zero-order valence-electron chi connectivity index (χ0n) is 34.0. The molecular weight excluding hydrogens is 757 g/mol. The highest BCUT2D eigenvalue weighted by Gasteiger charge is 2.35. The Morgan fingerprint density at radius 3 is 1.65 bits per heavy atom. The molecule has 5 heteroatoms. The maximum absolute atomic E-state index is 6.74. The molecule has 0 fully saturated rings. The van der Waals surface area contributed by atoms with Gasteiger partial charge in [0, 0.05) is 38.4 Å². The second kappa shape index (κ2) is 13.0. The number of fused-ring (bicyclic) bond motifs is 14. The molecule has 0 spiro atoms. The molecule has 0 radical (unpaired) electrons. The molecule has 3 heterocycles. The molecule has 12 aromatic rings. The molecule has 0 amide bonds. The topological polar surface area (TPSA) is 64.7 Å². The fourth-order valence-corrected chi connectivity index (χ4v) is 10.1. The SMILES string of the molecule is CC1(C)c2ccccc2-c2cc(-c3nc(-c4ccccc4)nc(-c4ccc5c(c4)nc(-c4ccc6c7ccccc7c7ccccc7c6c4)c4c6ccccc6oc54)n3)ccc21. The first-order chi connectivity index (χ1) is 30.5. The summed E-state index contributed by atoms with van der Waals surface area (Å²) < 4.78 is 6.74. The Morgan fingerprint density at radius 1 is 0.371 bits per heavy atom. The van der Waals surface area contributed by atoms with Crippen LogP contribution in [0.5, 0.6) is 0 Å². The summed E-state index contributed by atoms with van der Waals surface area (Å²) in [6.07, 6.45) is 0. The van der Waals surface area contributed by atoms with E-state index in [4.69, 9.17) is 24.4 Å². The van der Waals surface area contributed by atoms with Crippen molar-refractivity contribution in [1.29, 1.82) is 0 Å². The van der Waals surface area contributed by atoms with Crippen molar-refractivity contribution in [3.05, 3.63) is 193 Å². The fourth-order valence-electron chi connectivity index (χ4n) is 10.1. The van der Waals surface area contributed by atoms with Crippen molar-refractivity contribution >= 4 is 65.2 Å². The number of hydrogen-bond acceptors (Lipinski definition) is 5. The van der Waals surface area contributed by atoms with Crippen LogP contribution in [0.4, 0.5) is 0 Å². The van der Waals surface area contributed by atoms with Crippen LogP contribution in [-0.4, -0.2) is 19.9 Å². The van der Waals surface area contributed by atoms with E-state index >= 15 is 0 Å². The summed E-state index contributed by atoms with van der Waals surface area (Å²) in [6.45, 7) is 4.60. The van der Waals surface area contributed by atoms with Gasteiger partial charge in [-0.15, -0.1) is 0 Å². The second-order valence-electron chi connectivity index (χ2n) is 16.9. The van der Waals surface area contributed by atoms with Crippen LogP contribution in [0.3, 0.4) is 0 Å². The number of para-hydroxylation sites is 1. The van der Waals surface area contributed by atoms with E-state index in [9.17, 15) is 0 Å². The van der Waals surface area contributed by atoms with Crippen molar-refractivity contribution in [2.45, 2.75) is 19.3 Å². The van der Waals surface area contributed by atoms with E-state index in [1.165, 1.54) is 54.6 Å². The molecule has 3 aromatic heterocycles. The van der Waals surface area contributed by atoms with Crippen LogP contribution < -0.4 is 0 Å². The molecule has 5 nitrogen and oxygen atoms in total. The molecule has 0 N–H and O–H groups in total. The van der Waals surface area contributed by atoms with Crippen molar-refractivity contribution in [3.8, 4) is 56.5 Å². The smallest absolute Gasteiger partial charge is 0.164 e. The average Bonchev–Trinajstić information content (AvgIpc) is 3.83. The first-order valence-electron chi connectivity index (χ1n) is 21.1. The summed E-state index contributed by atoms with van der Waals surface area (Å²) in [7, 11) is 0. The van der Waals surface area contributed by atoms with E-state index in [0.717, 1.165) is 60.8 Å². The van der Waals surface area contributed by atoms with Gasteiger partial charge in [-0.1, -0.05) is 166 Å². The molecule has 0 bridgehead atoms. The van der Waals surface area contributed by atoms with E-state index in [-0.39, 0.29) is 5.41 Å². The molecule has 9 aromatic carbocycles. The third-order valence-electron chi connectivity index (χ3n) is 13.1. The minimum atomic E-state index is -0.0961. The molecule has 1 aliphatic rings. The molecule has 0 saturated heterocycles. The van der Waals surface area contributed by atoms with Crippen molar-refractivity contribution in [1.82, 2.24) is 19.9 Å². The summed E-state index contributed by atoms with van der Waals surface area (Å²) in [5.74, 6) is 1.81. The number of hydrogen-bond donors (Lipinski definition) is 0. The highest BCUT2D eigenvalue weighted by Crippen LogP contribution is 2.49. The molecule has 0 atom stereocenters. The minimum Gasteiger partial charge on any atom is -0.455 e. The third kappa shape index (κ3) is 5.09. The summed E-state index contributed by atoms with van der Waals surface area (Å²) in [5.41, 5.74) is 12.1. The standard InChI is InChI=1S/C57H36N4O/c1-57(2)47-22-12-10-20-42(47)46-31-35(26-29-48(46)57)55-59-54(33-14-4-3-5-15-33)60-56(61-55)36-25-28-43-49(32-36)58-52(51-44-21-11-13-23-50(44)62-53(43)51)34-24-27-41-39-18-7-6-16-37(39)38-17-8-9-19-40(38)45(41)30-34/h3-32H,1-2H3. The Bertz CT molecular complexity index is 3810. The van der Waals surface area contributed by atoms with E-state index in [2.05, 4.69) is 153 Å². The average molecular weight is 793 g/mol. The van der Waals surface area contributed by atoms with Gasteiger partial charge in [0.25, 0.3) is 0 Å². The Morgan fingerprint density at radius 2 is 0.903 bits per heavy atom. The van der Waals surface area contributed by atoms with E-state index in [1.807, 2.05) is 42.5 Å². The number of rotatable bonds is 4. The van der Waals surface area contributed by atoms with Crippen LogP contribution in [0.15, 0.2) is 186 Å². The minimum absolute atomic E-state index is 0.0961. The maximum Gasteiger partial charge on any atom is 0.164 e. The monoisotopic (exact) mass is 792 g/mol. The maximum atomic E-state index is 6.74. The van der Waals surface area contributed by atoms with Crippen LogP contribution in [0.25, 0.3) is 122 Å². The zero-order chi connectivity index (χ0) is 41.1. The summed E-state index contributed by atoms with van der Waals surface area (Å²) >= 11 is 0. The molecule has 0 saturated carbocycles. The number of nitrogens with zero attached hydrogens (tertiary/aromatic N) is 4. The van der Waals surface area contributed by atoms with Crippen molar-refractivity contribution in [2.75, 3.05) is 0 Å². The van der Waals surface area contributed by atoms with Crippen molar-refractivity contribution in [2.24, 2.45) is 0 Å². The number of benzene rings is 9. The lowest BCUT2D eigenvalue weighted by Gasteiger charge is -2.21. The highest BCUT2D eigenvalue weighted by atomic mass is 16.3. The Hall–Kier alpha value is -8.02. The van der Waals surface area contributed by atoms with Crippen molar-refractivity contribution in [3.63, 3.8) is 0 Å². The fraction of sp³-hybridized carbons (Fsp3) is 0.0526. The van der Waals surface area contributed by atoms with Gasteiger partial charge in [-0.05, 0) is 84.9 Å². The molecule has 290 valence electrons. The second-order valence-corrected chi connectivity index (χ2v) is 16.9. The van der Waals surface area contributed by atoms with Gasteiger partial charge >= 0.3 is 0 Å². The van der Waals surface area contributed by atoms with Gasteiger partial charge in [-0.2, -0.15) is 0 Å². The van der Waals surface area contributed by atoms with Gasteiger partial charge in [-0.3, -0.25) is 0 Å². The summed E-state index contributed by atoms with van der Waals surface area (Å²) in [4.78, 5) is 21.0. The van der Waals surface area contributed by atoms with Gasteiger partial charge in [0.2, 0.25) is 0 Å². The van der Waals surface area contributed by atoms with E-state index in [0.29, 0.717) is 17.5 Å². The van der Waals surface area contributed by atoms with Crippen LogP contribution in [-0.2, 0) is 5.41 Å². The van der Waals surface area contributed by atoms with Gasteiger partial charge in [0.1, 0.15) is 11.2 Å². The van der Waals surface area contributed by atoms with Crippen LogP contribution in [0.1, 0.15) is 25.0 Å². The summed E-state index contributed by atoms with van der Waals surface area (Å²) in [6, 6.07) is 64.2. The quantitative estimate of drug-likeness (QED) is 0.166. The van der Waals surface area contributed by atoms with Crippen LogP contribution in [0.2, 0.25) is 0 Å². The Kier molecular flexibility index (Phi) is 7.29. The van der Waals surface area contributed by atoms with Gasteiger partial charge in [-0.25, -0.2) is 19.9 Å². The van der Waals surface area contributed by atoms with Gasteiger partial charge < -0.3 is 4.42 Å². The number of pyridine rings is 1. The molecule has 1 aliphatic carbocycles. The first kappa shape index (κ1) is 34.8. The zero-order valence-corrected chi connectivity index (χ0v) is 34.0. The molecular formula is C57H36N4O. The van der Waals surface area contributed by atoms with Crippen LogP contribution in [0, 0.1) is 0 Å². The lowest BCUT2D eigenvalue weighted by atomic mass is 9.82. The largest absolute Gasteiger partial charge is 0.455 e. The third-order valence-corrected chi connectivity index (χ3v) is 13.1. The number of aromatic nitrogens is 4. The molecule has 0 aliphatic heterocycles. The van der Waals surface area contributed by atoms with Crippen molar-refractivity contribution < 1.29 is 4.42 Å². The highest BCUT2D eigenvalue weighted by molar-refractivity contribution is 6.26. The Balaban J connectivity index is 1.03. The predicted molar refractivity (Wildman–Crippen MR) is 254 cm³/mol. The number of furan rings is 1. The lowest BCUT2D eigenvalue weighted by Crippen LogP contribution is -2.14. The molecule has 62 heavy (non-hydrogen) atoms.